The molecule has 0 aliphatic rings. The van der Waals surface area contributed by atoms with Gasteiger partial charge < -0.3 is 15.8 Å². The zero-order chi connectivity index (χ0) is 27.8. The molecule has 0 radical (unpaired) electrons. The van der Waals surface area contributed by atoms with Gasteiger partial charge in [-0.15, -0.1) is 0 Å². The average Bonchev–Trinajstić information content (AvgIpc) is 3.27. The van der Waals surface area contributed by atoms with E-state index >= 15 is 0 Å². The van der Waals surface area contributed by atoms with Crippen LogP contribution in [-0.2, 0) is 6.18 Å². The van der Waals surface area contributed by atoms with Crippen LogP contribution < -0.4 is 15.8 Å². The van der Waals surface area contributed by atoms with E-state index < -0.39 is 58.0 Å². The molecular formula is C24H18F6N6O2. The number of hydrogen-bond donors (Lipinski definition) is 2. The Labute approximate surface area is 211 Å². The third-order valence-electron chi connectivity index (χ3n) is 5.25. The van der Waals surface area contributed by atoms with Crippen molar-refractivity contribution in [1.29, 1.82) is 0 Å². The highest BCUT2D eigenvalue weighted by molar-refractivity contribution is 6.05. The van der Waals surface area contributed by atoms with E-state index in [9.17, 15) is 31.1 Å². The second kappa shape index (κ2) is 10.0. The number of rotatable bonds is 6. The smallest absolute Gasteiger partial charge is 0.434 e. The van der Waals surface area contributed by atoms with Crippen molar-refractivity contribution in [2.75, 3.05) is 11.1 Å². The lowest BCUT2D eigenvalue weighted by Crippen LogP contribution is -2.21. The Morgan fingerprint density at radius 2 is 1.74 bits per heavy atom. The Bertz CT molecular complexity index is 1500. The maximum atomic E-state index is 14.8. The number of anilines is 2. The normalized spacial score (nSPS) is 11.6. The van der Waals surface area contributed by atoms with Gasteiger partial charge in [0.1, 0.15) is 11.6 Å². The number of alkyl halides is 3. The molecule has 0 bridgehead atoms. The van der Waals surface area contributed by atoms with Crippen molar-refractivity contribution in [3.63, 3.8) is 0 Å². The van der Waals surface area contributed by atoms with Crippen LogP contribution >= 0.6 is 0 Å². The van der Waals surface area contributed by atoms with Gasteiger partial charge in [0.25, 0.3) is 5.91 Å². The summed E-state index contributed by atoms with van der Waals surface area (Å²) in [5, 5.41) is 5.44. The maximum absolute atomic E-state index is 14.8. The molecule has 198 valence electrons. The van der Waals surface area contributed by atoms with Crippen LogP contribution in [0.2, 0.25) is 0 Å². The lowest BCUT2D eigenvalue weighted by atomic mass is 10.0. The first-order valence-corrected chi connectivity index (χ1v) is 10.9. The predicted octanol–water partition coefficient (Wildman–Crippen LogP) is 5.85. The summed E-state index contributed by atoms with van der Waals surface area (Å²) >= 11 is 0. The van der Waals surface area contributed by atoms with Crippen molar-refractivity contribution in [2.45, 2.75) is 25.9 Å². The minimum Gasteiger partial charge on any atom is -0.451 e. The van der Waals surface area contributed by atoms with Crippen molar-refractivity contribution in [2.24, 2.45) is 0 Å². The number of carbonyl (C=O) groups is 1. The summed E-state index contributed by atoms with van der Waals surface area (Å²) in [6, 6.07) is 4.70. The number of nitrogen functional groups attached to an aromatic ring is 1. The van der Waals surface area contributed by atoms with Gasteiger partial charge in [0.15, 0.2) is 34.7 Å². The fraction of sp³-hybridized carbons (Fsp3) is 0.167. The van der Waals surface area contributed by atoms with Crippen LogP contribution in [0.3, 0.4) is 0 Å². The molecule has 1 amide bonds. The third-order valence-corrected chi connectivity index (χ3v) is 5.25. The van der Waals surface area contributed by atoms with Crippen LogP contribution in [0.5, 0.6) is 11.5 Å². The van der Waals surface area contributed by atoms with E-state index in [1.54, 1.807) is 13.8 Å². The molecule has 0 spiro atoms. The molecule has 0 atom stereocenters. The largest absolute Gasteiger partial charge is 0.451 e. The topological polar surface area (TPSA) is 108 Å². The van der Waals surface area contributed by atoms with Gasteiger partial charge >= 0.3 is 6.18 Å². The molecule has 0 saturated carbocycles. The zero-order valence-electron chi connectivity index (χ0n) is 19.6. The van der Waals surface area contributed by atoms with Crippen molar-refractivity contribution >= 4 is 17.4 Å². The molecule has 0 saturated heterocycles. The van der Waals surface area contributed by atoms with E-state index in [1.807, 2.05) is 5.32 Å². The van der Waals surface area contributed by atoms with E-state index in [4.69, 9.17) is 10.5 Å². The van der Waals surface area contributed by atoms with Gasteiger partial charge in [-0.25, -0.2) is 27.8 Å². The molecule has 4 rings (SSSR count). The maximum Gasteiger partial charge on any atom is 0.434 e. The van der Waals surface area contributed by atoms with Crippen molar-refractivity contribution in [1.82, 2.24) is 19.7 Å². The van der Waals surface area contributed by atoms with Gasteiger partial charge in [-0.05, 0) is 24.1 Å². The molecule has 0 aliphatic carbocycles. The summed E-state index contributed by atoms with van der Waals surface area (Å²) in [5.41, 5.74) is 3.07. The number of nitrogens with two attached hydrogens (primary N) is 1. The Kier molecular flexibility index (Phi) is 6.98. The van der Waals surface area contributed by atoms with Crippen LogP contribution in [0.15, 0.2) is 48.9 Å². The predicted molar refractivity (Wildman–Crippen MR) is 123 cm³/mol. The second-order valence-corrected chi connectivity index (χ2v) is 8.21. The van der Waals surface area contributed by atoms with Crippen molar-refractivity contribution in [3.8, 4) is 17.3 Å². The number of amides is 1. The number of pyridine rings is 2. The molecule has 4 aromatic rings. The minimum atomic E-state index is -5.16. The molecule has 3 N–H and O–H groups in total. The van der Waals surface area contributed by atoms with Gasteiger partial charge in [-0.3, -0.25) is 4.79 Å². The molecule has 1 aromatic carbocycles. The van der Waals surface area contributed by atoms with Crippen LogP contribution in [0.4, 0.5) is 37.8 Å². The van der Waals surface area contributed by atoms with E-state index in [0.29, 0.717) is 23.9 Å². The number of nitrogens with zero attached hydrogens (tertiary/aromatic N) is 4. The summed E-state index contributed by atoms with van der Waals surface area (Å²) in [5.74, 6) is -6.72. The third kappa shape index (κ3) is 5.10. The van der Waals surface area contributed by atoms with Gasteiger partial charge in [0, 0.05) is 35.8 Å². The standard InChI is InChI=1S/C24H18F6N6O2/c1-11(2)18-17(5-7-32-21(18)31)38-19-15(26)8-12(9-16(19)27)35-23(37)13-10-34-36(20(13)24(28,29)30)22-14(25)4-3-6-33-22/h3-11H,1-2H3,(H2,31,32)(H,35,37). The number of ether oxygens (including phenoxy) is 1. The Balaban J connectivity index is 1.66. The molecule has 14 heteroatoms. The quantitative estimate of drug-likeness (QED) is 0.300. The fourth-order valence-corrected chi connectivity index (χ4v) is 3.66. The Morgan fingerprint density at radius 3 is 2.34 bits per heavy atom. The number of hydrogen-bond acceptors (Lipinski definition) is 6. The van der Waals surface area contributed by atoms with Crippen LogP contribution in [0.1, 0.15) is 41.4 Å². The molecule has 3 heterocycles. The SMILES string of the molecule is CC(C)c1c(Oc2c(F)cc(NC(=O)c3cnn(-c4ncccc4F)c3C(F)(F)F)cc2F)ccnc1N. The van der Waals surface area contributed by atoms with Gasteiger partial charge in [-0.2, -0.15) is 18.3 Å². The molecule has 38 heavy (non-hydrogen) atoms. The summed E-state index contributed by atoms with van der Waals surface area (Å²) in [6.07, 6.45) is -2.30. The van der Waals surface area contributed by atoms with Crippen molar-refractivity contribution < 1.29 is 35.9 Å². The summed E-state index contributed by atoms with van der Waals surface area (Å²) in [4.78, 5) is 20.2. The summed E-state index contributed by atoms with van der Waals surface area (Å²) in [7, 11) is 0. The van der Waals surface area contributed by atoms with Crippen LogP contribution in [0.25, 0.3) is 5.82 Å². The van der Waals surface area contributed by atoms with E-state index in [-0.39, 0.29) is 22.2 Å². The molecule has 0 aliphatic heterocycles. The average molecular weight is 536 g/mol. The van der Waals surface area contributed by atoms with E-state index in [2.05, 4.69) is 15.1 Å². The molecule has 0 fully saturated rings. The van der Waals surface area contributed by atoms with Crippen LogP contribution in [0, 0.1) is 17.5 Å². The highest BCUT2D eigenvalue weighted by Crippen LogP contribution is 2.37. The summed E-state index contributed by atoms with van der Waals surface area (Å²) < 4.78 is 90.7. The van der Waals surface area contributed by atoms with Gasteiger partial charge in [0.05, 0.1) is 11.8 Å². The first-order valence-electron chi connectivity index (χ1n) is 10.9. The number of aromatic nitrogens is 4. The minimum absolute atomic E-state index is 0.0473. The first-order chi connectivity index (χ1) is 17.9. The zero-order valence-corrected chi connectivity index (χ0v) is 19.6. The highest BCUT2D eigenvalue weighted by atomic mass is 19.4. The van der Waals surface area contributed by atoms with E-state index in [1.165, 1.54) is 12.3 Å². The fourth-order valence-electron chi connectivity index (χ4n) is 3.66. The molecular weight excluding hydrogens is 518 g/mol. The summed E-state index contributed by atoms with van der Waals surface area (Å²) in [6.45, 7) is 3.54. The van der Waals surface area contributed by atoms with Crippen molar-refractivity contribution in [3.05, 3.63) is 83.2 Å². The number of benzene rings is 1. The first kappa shape index (κ1) is 26.4. The lowest BCUT2D eigenvalue weighted by molar-refractivity contribution is -0.143. The Hall–Kier alpha value is -4.62. The molecule has 8 nitrogen and oxygen atoms in total. The van der Waals surface area contributed by atoms with Gasteiger partial charge in [0.2, 0.25) is 0 Å². The number of nitrogens with one attached hydrogen (secondary N) is 1. The number of carbonyl (C=O) groups excluding carboxylic acids is 1. The monoisotopic (exact) mass is 536 g/mol. The Morgan fingerprint density at radius 1 is 1.05 bits per heavy atom. The van der Waals surface area contributed by atoms with Gasteiger partial charge in [-0.1, -0.05) is 13.8 Å². The van der Waals surface area contributed by atoms with Crippen LogP contribution in [-0.4, -0.2) is 25.7 Å². The molecule has 0 unspecified atom stereocenters. The van der Waals surface area contributed by atoms with E-state index in [0.717, 1.165) is 18.3 Å². The molecule has 3 aromatic heterocycles. The second-order valence-electron chi connectivity index (χ2n) is 8.21. The lowest BCUT2D eigenvalue weighted by Gasteiger charge is -2.16. The number of halogens is 6. The highest BCUT2D eigenvalue weighted by Gasteiger charge is 2.41.